The predicted octanol–water partition coefficient (Wildman–Crippen LogP) is 2.80. The maximum atomic E-state index is 5.58. The van der Waals surface area contributed by atoms with E-state index in [9.17, 15) is 0 Å². The topological polar surface area (TPSA) is 56.2 Å². The van der Waals surface area contributed by atoms with E-state index < -0.39 is 0 Å². The molecule has 0 atom stereocenters. The zero-order valence-corrected chi connectivity index (χ0v) is 10.5. The molecule has 0 saturated heterocycles. The lowest BCUT2D eigenvalue weighted by molar-refractivity contribution is 0.979. The van der Waals surface area contributed by atoms with E-state index in [2.05, 4.69) is 26.0 Å². The summed E-state index contributed by atoms with van der Waals surface area (Å²) in [6.45, 7) is 0. The van der Waals surface area contributed by atoms with E-state index in [-0.39, 0.29) is 0 Å². The van der Waals surface area contributed by atoms with Crippen molar-refractivity contribution in [3.05, 3.63) is 34.9 Å². The zero-order chi connectivity index (χ0) is 11.1. The fourth-order valence-corrected chi connectivity index (χ4v) is 2.74. The van der Waals surface area contributed by atoms with Gasteiger partial charge in [0.2, 0.25) is 4.96 Å². The highest BCUT2D eigenvalue weighted by Crippen LogP contribution is 2.27. The van der Waals surface area contributed by atoms with E-state index >= 15 is 0 Å². The molecule has 0 radical (unpaired) electrons. The molecule has 1 aromatic carbocycles. The molecule has 3 aromatic rings. The average molecular weight is 295 g/mol. The molecule has 0 bridgehead atoms. The third kappa shape index (κ3) is 1.60. The van der Waals surface area contributed by atoms with Gasteiger partial charge in [0.1, 0.15) is 10.8 Å². The molecular formula is C10H7BrN4S. The van der Waals surface area contributed by atoms with E-state index in [0.717, 1.165) is 20.0 Å². The Kier molecular flexibility index (Phi) is 2.19. The van der Waals surface area contributed by atoms with E-state index in [1.54, 1.807) is 10.7 Å². The standard InChI is InChI=1S/C10H7BrN4S/c11-7-3-1-2-6(4-7)9-14-15-5-8(12)13-10(15)16-9/h1-5H,12H2. The van der Waals surface area contributed by atoms with Crippen LogP contribution in [0.2, 0.25) is 0 Å². The number of anilines is 1. The van der Waals surface area contributed by atoms with Gasteiger partial charge in [-0.1, -0.05) is 39.4 Å². The fraction of sp³-hybridized carbons (Fsp3) is 0. The monoisotopic (exact) mass is 294 g/mol. The van der Waals surface area contributed by atoms with Gasteiger partial charge < -0.3 is 5.73 Å². The van der Waals surface area contributed by atoms with Crippen molar-refractivity contribution in [3.63, 3.8) is 0 Å². The molecule has 2 N–H and O–H groups in total. The quantitative estimate of drug-likeness (QED) is 0.751. The van der Waals surface area contributed by atoms with Crippen LogP contribution in [0.3, 0.4) is 0 Å². The number of hydrogen-bond donors (Lipinski definition) is 1. The van der Waals surface area contributed by atoms with Crippen molar-refractivity contribution in [1.29, 1.82) is 0 Å². The second-order valence-corrected chi connectivity index (χ2v) is 5.18. The first-order chi connectivity index (χ1) is 7.72. The number of fused-ring (bicyclic) bond motifs is 1. The number of nitrogens with zero attached hydrogens (tertiary/aromatic N) is 3. The van der Waals surface area contributed by atoms with Crippen molar-refractivity contribution in [2.45, 2.75) is 0 Å². The Hall–Kier alpha value is -1.40. The molecule has 6 heteroatoms. The number of nitrogen functional groups attached to an aromatic ring is 1. The van der Waals surface area contributed by atoms with Crippen LogP contribution in [0.15, 0.2) is 34.9 Å². The smallest absolute Gasteiger partial charge is 0.214 e. The van der Waals surface area contributed by atoms with Crippen LogP contribution in [-0.4, -0.2) is 14.6 Å². The molecule has 2 heterocycles. The Labute approximate surface area is 104 Å². The number of nitrogens with two attached hydrogens (primary N) is 1. The molecule has 0 aliphatic rings. The molecule has 16 heavy (non-hydrogen) atoms. The summed E-state index contributed by atoms with van der Waals surface area (Å²) >= 11 is 4.96. The van der Waals surface area contributed by atoms with Gasteiger partial charge in [-0.15, -0.1) is 0 Å². The van der Waals surface area contributed by atoms with Crippen LogP contribution in [0, 0.1) is 0 Å². The molecule has 0 saturated carbocycles. The minimum atomic E-state index is 0.500. The second-order valence-electron chi connectivity index (χ2n) is 3.31. The first-order valence-electron chi connectivity index (χ1n) is 4.60. The Bertz CT molecular complexity index is 626. The number of rotatable bonds is 1. The molecule has 0 unspecified atom stereocenters. The highest BCUT2D eigenvalue weighted by atomic mass is 79.9. The Morgan fingerprint density at radius 3 is 3.00 bits per heavy atom. The van der Waals surface area contributed by atoms with Crippen molar-refractivity contribution >= 4 is 38.0 Å². The molecule has 0 spiro atoms. The van der Waals surface area contributed by atoms with E-state index in [1.165, 1.54) is 11.3 Å². The van der Waals surface area contributed by atoms with E-state index in [0.29, 0.717) is 5.82 Å². The summed E-state index contributed by atoms with van der Waals surface area (Å²) in [7, 11) is 0. The highest BCUT2D eigenvalue weighted by molar-refractivity contribution is 9.10. The predicted molar refractivity (Wildman–Crippen MR) is 68.4 cm³/mol. The minimum Gasteiger partial charge on any atom is -0.382 e. The summed E-state index contributed by atoms with van der Waals surface area (Å²) in [6.07, 6.45) is 1.72. The van der Waals surface area contributed by atoms with Gasteiger partial charge in [0.05, 0.1) is 6.20 Å². The number of imidazole rings is 1. The van der Waals surface area contributed by atoms with Gasteiger partial charge in [0.15, 0.2) is 0 Å². The van der Waals surface area contributed by atoms with Gasteiger partial charge in [-0.3, -0.25) is 0 Å². The van der Waals surface area contributed by atoms with Gasteiger partial charge >= 0.3 is 0 Å². The first-order valence-corrected chi connectivity index (χ1v) is 6.21. The number of aromatic nitrogens is 3. The third-order valence-corrected chi connectivity index (χ3v) is 3.60. The van der Waals surface area contributed by atoms with Crippen molar-refractivity contribution in [3.8, 4) is 10.6 Å². The summed E-state index contributed by atoms with van der Waals surface area (Å²) in [5.41, 5.74) is 6.65. The van der Waals surface area contributed by atoms with Crippen molar-refractivity contribution in [2.75, 3.05) is 5.73 Å². The lowest BCUT2D eigenvalue weighted by atomic mass is 10.2. The minimum absolute atomic E-state index is 0.500. The molecule has 0 amide bonds. The molecule has 3 rings (SSSR count). The number of halogens is 1. The maximum absolute atomic E-state index is 5.58. The maximum Gasteiger partial charge on any atom is 0.214 e. The fourth-order valence-electron chi connectivity index (χ4n) is 1.46. The molecule has 0 fully saturated rings. The van der Waals surface area contributed by atoms with Gasteiger partial charge in [0, 0.05) is 10.0 Å². The van der Waals surface area contributed by atoms with Crippen LogP contribution < -0.4 is 5.73 Å². The molecule has 2 aromatic heterocycles. The van der Waals surface area contributed by atoms with Gasteiger partial charge in [-0.25, -0.2) is 9.50 Å². The second kappa shape index (κ2) is 3.57. The zero-order valence-electron chi connectivity index (χ0n) is 8.09. The van der Waals surface area contributed by atoms with Gasteiger partial charge in [0.25, 0.3) is 0 Å². The molecule has 80 valence electrons. The Morgan fingerprint density at radius 2 is 2.25 bits per heavy atom. The Balaban J connectivity index is 2.15. The summed E-state index contributed by atoms with van der Waals surface area (Å²) in [4.78, 5) is 4.98. The van der Waals surface area contributed by atoms with Crippen molar-refractivity contribution in [2.24, 2.45) is 0 Å². The lowest BCUT2D eigenvalue weighted by Crippen LogP contribution is -1.84. The first kappa shape index (κ1) is 9.80. The highest BCUT2D eigenvalue weighted by Gasteiger charge is 2.08. The summed E-state index contributed by atoms with van der Waals surface area (Å²) in [5.74, 6) is 0.500. The van der Waals surface area contributed by atoms with Crippen LogP contribution in [0.1, 0.15) is 0 Å². The van der Waals surface area contributed by atoms with Crippen LogP contribution >= 0.6 is 27.3 Å². The summed E-state index contributed by atoms with van der Waals surface area (Å²) in [5, 5.41) is 5.35. The van der Waals surface area contributed by atoms with Crippen LogP contribution in [-0.2, 0) is 0 Å². The van der Waals surface area contributed by atoms with Crippen LogP contribution in [0.4, 0.5) is 5.82 Å². The van der Waals surface area contributed by atoms with Gasteiger partial charge in [-0.2, -0.15) is 5.10 Å². The van der Waals surface area contributed by atoms with E-state index in [4.69, 9.17) is 5.73 Å². The normalized spacial score (nSPS) is 11.1. The summed E-state index contributed by atoms with van der Waals surface area (Å²) < 4.78 is 2.74. The largest absolute Gasteiger partial charge is 0.382 e. The molecular weight excluding hydrogens is 288 g/mol. The average Bonchev–Trinajstić information content (AvgIpc) is 2.74. The van der Waals surface area contributed by atoms with Crippen LogP contribution in [0.25, 0.3) is 15.5 Å². The van der Waals surface area contributed by atoms with Crippen molar-refractivity contribution < 1.29 is 0 Å². The number of hydrogen-bond acceptors (Lipinski definition) is 4. The molecule has 4 nitrogen and oxygen atoms in total. The van der Waals surface area contributed by atoms with Crippen LogP contribution in [0.5, 0.6) is 0 Å². The summed E-state index contributed by atoms with van der Waals surface area (Å²) in [6, 6.07) is 8.02. The Morgan fingerprint density at radius 1 is 1.38 bits per heavy atom. The number of benzene rings is 1. The van der Waals surface area contributed by atoms with Gasteiger partial charge in [-0.05, 0) is 12.1 Å². The lowest BCUT2D eigenvalue weighted by Gasteiger charge is -1.95. The van der Waals surface area contributed by atoms with Crippen molar-refractivity contribution in [1.82, 2.24) is 14.6 Å². The molecule has 0 aliphatic heterocycles. The third-order valence-electron chi connectivity index (χ3n) is 2.13. The SMILES string of the molecule is Nc1cn2nc(-c3cccc(Br)c3)sc2n1. The molecule has 0 aliphatic carbocycles. The van der Waals surface area contributed by atoms with E-state index in [1.807, 2.05) is 24.3 Å².